The summed E-state index contributed by atoms with van der Waals surface area (Å²) in [6, 6.07) is 0. The van der Waals surface area contributed by atoms with Crippen LogP contribution < -0.4 is 4.90 Å². The van der Waals surface area contributed by atoms with Gasteiger partial charge in [0.15, 0.2) is 0 Å². The molecule has 3 rings (SSSR count). The third-order valence-electron chi connectivity index (χ3n) is 3.74. The van der Waals surface area contributed by atoms with Crippen molar-refractivity contribution < 1.29 is 8.42 Å². The molecule has 0 spiro atoms. The predicted molar refractivity (Wildman–Crippen MR) is 77.3 cm³/mol. The van der Waals surface area contributed by atoms with Crippen LogP contribution in [0.2, 0.25) is 5.02 Å². The molecule has 2 aliphatic rings. The summed E-state index contributed by atoms with van der Waals surface area (Å²) in [5, 5.41) is 0.379. The highest BCUT2D eigenvalue weighted by Gasteiger charge is 2.40. The molecule has 1 aromatic heterocycles. The quantitative estimate of drug-likeness (QED) is 0.810. The Morgan fingerprint density at radius 1 is 1.35 bits per heavy atom. The van der Waals surface area contributed by atoms with Gasteiger partial charge in [0.05, 0.1) is 22.7 Å². The van der Waals surface area contributed by atoms with Crippen molar-refractivity contribution in [2.24, 2.45) is 5.92 Å². The zero-order valence-corrected chi connectivity index (χ0v) is 12.8. The molecule has 1 aliphatic heterocycles. The molecule has 0 amide bonds. The van der Waals surface area contributed by atoms with Crippen LogP contribution in [0.5, 0.6) is 0 Å². The molecule has 0 radical (unpaired) electrons. The minimum absolute atomic E-state index is 0.136. The Morgan fingerprint density at radius 3 is 2.50 bits per heavy atom. The van der Waals surface area contributed by atoms with Gasteiger partial charge in [-0.25, -0.2) is 22.7 Å². The summed E-state index contributed by atoms with van der Waals surface area (Å²) in [6.45, 7) is 2.14. The smallest absolute Gasteiger partial charge is 0.225 e. The second kappa shape index (κ2) is 5.13. The summed E-state index contributed by atoms with van der Waals surface area (Å²) < 4.78 is 25.6. The lowest BCUT2D eigenvalue weighted by molar-refractivity contribution is 0.324. The van der Waals surface area contributed by atoms with Crippen molar-refractivity contribution in [1.29, 1.82) is 0 Å². The van der Waals surface area contributed by atoms with Crippen LogP contribution in [0.4, 0.5) is 5.95 Å². The molecule has 8 heteroatoms. The first-order valence-corrected chi connectivity index (χ1v) is 8.52. The summed E-state index contributed by atoms with van der Waals surface area (Å²) in [4.78, 5) is 10.3. The molecular weight excluding hydrogens is 300 g/mol. The summed E-state index contributed by atoms with van der Waals surface area (Å²) >= 11 is 5.74. The van der Waals surface area contributed by atoms with Crippen LogP contribution in [-0.4, -0.2) is 54.6 Å². The summed E-state index contributed by atoms with van der Waals surface area (Å²) in [6.07, 6.45) is 4.76. The van der Waals surface area contributed by atoms with Crippen LogP contribution >= 0.6 is 11.6 Å². The van der Waals surface area contributed by atoms with E-state index in [1.54, 1.807) is 19.4 Å². The fourth-order valence-electron chi connectivity index (χ4n) is 2.41. The van der Waals surface area contributed by atoms with E-state index in [0.29, 0.717) is 23.4 Å². The number of rotatable bonds is 5. The average molecular weight is 317 g/mol. The number of anilines is 1. The van der Waals surface area contributed by atoms with Gasteiger partial charge >= 0.3 is 0 Å². The van der Waals surface area contributed by atoms with E-state index in [2.05, 4.69) is 9.97 Å². The normalized spacial score (nSPS) is 20.2. The van der Waals surface area contributed by atoms with Gasteiger partial charge < -0.3 is 4.90 Å². The number of hydrogen-bond donors (Lipinski definition) is 0. The maximum atomic E-state index is 12.0. The summed E-state index contributed by atoms with van der Waals surface area (Å²) in [5.74, 6) is 0.992. The monoisotopic (exact) mass is 316 g/mol. The topological polar surface area (TPSA) is 66.4 Å². The average Bonchev–Trinajstić information content (AvgIpc) is 3.18. The Labute approximate surface area is 123 Å². The van der Waals surface area contributed by atoms with Crippen LogP contribution in [0, 0.1) is 5.92 Å². The third-order valence-corrected chi connectivity index (χ3v) is 6.27. The van der Waals surface area contributed by atoms with E-state index in [4.69, 9.17) is 11.6 Å². The summed E-state index contributed by atoms with van der Waals surface area (Å²) in [5.41, 5.74) is 0. The number of sulfonamides is 1. The zero-order valence-electron chi connectivity index (χ0n) is 11.2. The minimum atomic E-state index is -3.06. The highest BCUT2D eigenvalue weighted by Crippen LogP contribution is 2.31. The zero-order chi connectivity index (χ0) is 14.3. The Bertz CT molecular complexity index is 582. The van der Waals surface area contributed by atoms with E-state index in [1.807, 2.05) is 4.90 Å². The Balaban J connectivity index is 1.52. The fraction of sp³-hybridized carbons (Fsp3) is 0.667. The first-order chi connectivity index (χ1) is 9.46. The first-order valence-electron chi connectivity index (χ1n) is 6.64. The van der Waals surface area contributed by atoms with E-state index in [1.165, 1.54) is 4.31 Å². The summed E-state index contributed by atoms with van der Waals surface area (Å²) in [7, 11) is -1.38. The van der Waals surface area contributed by atoms with Crippen LogP contribution in [0.3, 0.4) is 0 Å². The minimum Gasteiger partial charge on any atom is -0.340 e. The largest absolute Gasteiger partial charge is 0.340 e. The van der Waals surface area contributed by atoms with Crippen LogP contribution in [0.1, 0.15) is 12.8 Å². The van der Waals surface area contributed by atoms with E-state index in [-0.39, 0.29) is 5.25 Å². The van der Waals surface area contributed by atoms with Gasteiger partial charge in [0, 0.05) is 32.6 Å². The second-order valence-corrected chi connectivity index (χ2v) is 8.25. The van der Waals surface area contributed by atoms with Crippen molar-refractivity contribution >= 4 is 27.6 Å². The van der Waals surface area contributed by atoms with Gasteiger partial charge in [-0.1, -0.05) is 11.6 Å². The molecule has 20 heavy (non-hydrogen) atoms. The molecule has 2 fully saturated rings. The van der Waals surface area contributed by atoms with E-state index in [0.717, 1.165) is 25.9 Å². The number of hydrogen-bond acceptors (Lipinski definition) is 5. The fourth-order valence-corrected chi connectivity index (χ4v) is 4.16. The highest BCUT2D eigenvalue weighted by atomic mass is 35.5. The van der Waals surface area contributed by atoms with Gasteiger partial charge in [-0.15, -0.1) is 0 Å². The Hall–Kier alpha value is -0.920. The maximum absolute atomic E-state index is 12.0. The molecule has 2 heterocycles. The molecular formula is C12H17ClN4O2S. The number of aromatic nitrogens is 2. The van der Waals surface area contributed by atoms with Crippen molar-refractivity contribution in [3.63, 3.8) is 0 Å². The molecule has 1 aromatic rings. The van der Waals surface area contributed by atoms with Crippen molar-refractivity contribution in [2.75, 3.05) is 31.6 Å². The Morgan fingerprint density at radius 2 is 1.95 bits per heavy atom. The third kappa shape index (κ3) is 2.75. The molecule has 0 aromatic carbocycles. The lowest BCUT2D eigenvalue weighted by Gasteiger charge is -2.40. The van der Waals surface area contributed by atoms with Gasteiger partial charge in [-0.3, -0.25) is 0 Å². The van der Waals surface area contributed by atoms with Gasteiger partial charge in [-0.2, -0.15) is 0 Å². The molecule has 110 valence electrons. The van der Waals surface area contributed by atoms with Crippen molar-refractivity contribution in [3.8, 4) is 0 Å². The molecule has 1 saturated heterocycles. The molecule has 0 atom stereocenters. The number of halogens is 1. The van der Waals surface area contributed by atoms with Gasteiger partial charge in [0.2, 0.25) is 16.0 Å². The van der Waals surface area contributed by atoms with Gasteiger partial charge in [-0.05, 0) is 12.8 Å². The van der Waals surface area contributed by atoms with Crippen molar-refractivity contribution in [2.45, 2.75) is 18.1 Å². The van der Waals surface area contributed by atoms with E-state index < -0.39 is 10.0 Å². The van der Waals surface area contributed by atoms with E-state index >= 15 is 0 Å². The molecule has 0 N–H and O–H groups in total. The highest BCUT2D eigenvalue weighted by molar-refractivity contribution is 7.90. The lowest BCUT2D eigenvalue weighted by Crippen LogP contribution is -2.52. The predicted octanol–water partition coefficient (Wildman–Crippen LogP) is 0.990. The van der Waals surface area contributed by atoms with Gasteiger partial charge in [0.25, 0.3) is 0 Å². The lowest BCUT2D eigenvalue weighted by atomic mass is 10.0. The molecule has 0 bridgehead atoms. The standard InChI is InChI=1S/C12H17ClN4O2S/c1-16(20(18,19)11-2-3-11)6-9-7-17(8-9)12-14-4-10(13)5-15-12/h4-5,9,11H,2-3,6-8H2,1H3. The Kier molecular flexibility index (Phi) is 3.60. The first kappa shape index (κ1) is 14.0. The second-order valence-electron chi connectivity index (χ2n) is 5.50. The molecule has 1 saturated carbocycles. The van der Waals surface area contributed by atoms with Crippen LogP contribution in [-0.2, 0) is 10.0 Å². The maximum Gasteiger partial charge on any atom is 0.225 e. The number of nitrogens with zero attached hydrogens (tertiary/aromatic N) is 4. The van der Waals surface area contributed by atoms with Crippen LogP contribution in [0.15, 0.2) is 12.4 Å². The SMILES string of the molecule is CN(CC1CN(c2ncc(Cl)cn2)C1)S(=O)(=O)C1CC1. The molecule has 0 unspecified atom stereocenters. The van der Waals surface area contributed by atoms with Crippen molar-refractivity contribution in [3.05, 3.63) is 17.4 Å². The van der Waals surface area contributed by atoms with Crippen LogP contribution in [0.25, 0.3) is 0 Å². The molecule has 1 aliphatic carbocycles. The van der Waals surface area contributed by atoms with Crippen molar-refractivity contribution in [1.82, 2.24) is 14.3 Å². The van der Waals surface area contributed by atoms with Gasteiger partial charge in [0.1, 0.15) is 0 Å². The molecule has 6 nitrogen and oxygen atoms in total. The van der Waals surface area contributed by atoms with E-state index in [9.17, 15) is 8.42 Å².